The van der Waals surface area contributed by atoms with Gasteiger partial charge in [0.1, 0.15) is 0 Å². The van der Waals surface area contributed by atoms with E-state index in [1.54, 1.807) is 6.07 Å². The molecule has 0 heterocycles. The Morgan fingerprint density at radius 2 is 2.00 bits per heavy atom. The van der Waals surface area contributed by atoms with Crippen LogP contribution in [0.1, 0.15) is 15.9 Å². The molecule has 0 bridgehead atoms. The standard InChI is InChI=1S/C14H13BrN2O2/c1-8-2-4-10(7-11(8)15)17-13-6-9(14(18)19)3-5-12(13)16/h2-7,17H,16H2,1H3,(H,18,19). The van der Waals surface area contributed by atoms with Crippen LogP contribution in [0.5, 0.6) is 0 Å². The molecule has 0 amide bonds. The minimum atomic E-state index is -0.979. The lowest BCUT2D eigenvalue weighted by atomic mass is 10.1. The summed E-state index contributed by atoms with van der Waals surface area (Å²) in [4.78, 5) is 10.9. The molecule has 0 spiro atoms. The van der Waals surface area contributed by atoms with Gasteiger partial charge in [0.05, 0.1) is 16.9 Å². The fourth-order valence-electron chi connectivity index (χ4n) is 1.62. The third kappa shape index (κ3) is 3.06. The topological polar surface area (TPSA) is 75.3 Å². The number of hydrogen-bond donors (Lipinski definition) is 3. The molecule has 0 saturated heterocycles. The van der Waals surface area contributed by atoms with Gasteiger partial charge in [0.15, 0.2) is 0 Å². The number of nitrogen functional groups attached to an aromatic ring is 1. The zero-order valence-electron chi connectivity index (χ0n) is 10.3. The minimum Gasteiger partial charge on any atom is -0.478 e. The summed E-state index contributed by atoms with van der Waals surface area (Å²) in [5.74, 6) is -0.979. The van der Waals surface area contributed by atoms with E-state index in [0.717, 1.165) is 15.7 Å². The summed E-state index contributed by atoms with van der Waals surface area (Å²) in [6.45, 7) is 1.99. The molecule has 0 saturated carbocycles. The van der Waals surface area contributed by atoms with E-state index in [-0.39, 0.29) is 5.56 Å². The van der Waals surface area contributed by atoms with E-state index >= 15 is 0 Å². The molecule has 4 N–H and O–H groups in total. The Morgan fingerprint density at radius 1 is 1.26 bits per heavy atom. The van der Waals surface area contributed by atoms with E-state index in [1.807, 2.05) is 25.1 Å². The van der Waals surface area contributed by atoms with Gasteiger partial charge >= 0.3 is 5.97 Å². The third-order valence-corrected chi connectivity index (χ3v) is 3.61. The van der Waals surface area contributed by atoms with Crippen LogP contribution in [0.15, 0.2) is 40.9 Å². The normalized spacial score (nSPS) is 10.2. The summed E-state index contributed by atoms with van der Waals surface area (Å²) in [6.07, 6.45) is 0. The third-order valence-electron chi connectivity index (χ3n) is 2.75. The van der Waals surface area contributed by atoms with Crippen molar-refractivity contribution in [2.75, 3.05) is 11.1 Å². The molecule has 0 aromatic heterocycles. The summed E-state index contributed by atoms with van der Waals surface area (Å²) in [6, 6.07) is 10.4. The Morgan fingerprint density at radius 3 is 2.63 bits per heavy atom. The average Bonchev–Trinajstić information content (AvgIpc) is 2.36. The number of nitrogens with two attached hydrogens (primary N) is 1. The number of benzene rings is 2. The van der Waals surface area contributed by atoms with Crippen LogP contribution in [-0.4, -0.2) is 11.1 Å². The molecule has 0 aliphatic heterocycles. The highest BCUT2D eigenvalue weighted by molar-refractivity contribution is 9.10. The molecule has 0 aliphatic carbocycles. The molecular weight excluding hydrogens is 308 g/mol. The van der Waals surface area contributed by atoms with Gasteiger partial charge in [-0.2, -0.15) is 0 Å². The lowest BCUT2D eigenvalue weighted by Gasteiger charge is -2.11. The molecule has 0 radical (unpaired) electrons. The number of carboxylic acids is 1. The van der Waals surface area contributed by atoms with Crippen LogP contribution in [0.25, 0.3) is 0 Å². The van der Waals surface area contributed by atoms with Gasteiger partial charge in [-0.05, 0) is 42.8 Å². The second kappa shape index (κ2) is 5.32. The first-order valence-electron chi connectivity index (χ1n) is 5.63. The van der Waals surface area contributed by atoms with Crippen molar-refractivity contribution in [3.8, 4) is 0 Å². The molecule has 0 atom stereocenters. The monoisotopic (exact) mass is 320 g/mol. The molecule has 0 fully saturated rings. The van der Waals surface area contributed by atoms with Crippen LogP contribution in [0, 0.1) is 6.92 Å². The molecule has 98 valence electrons. The van der Waals surface area contributed by atoms with Crippen LogP contribution in [0.2, 0.25) is 0 Å². The smallest absolute Gasteiger partial charge is 0.335 e. The number of halogens is 1. The van der Waals surface area contributed by atoms with E-state index in [2.05, 4.69) is 21.2 Å². The highest BCUT2D eigenvalue weighted by Crippen LogP contribution is 2.27. The van der Waals surface area contributed by atoms with E-state index < -0.39 is 5.97 Å². The number of aromatic carboxylic acids is 1. The van der Waals surface area contributed by atoms with Gasteiger partial charge in [-0.3, -0.25) is 0 Å². The summed E-state index contributed by atoms with van der Waals surface area (Å²) in [5.41, 5.74) is 9.08. The highest BCUT2D eigenvalue weighted by atomic mass is 79.9. The molecule has 2 rings (SSSR count). The highest BCUT2D eigenvalue weighted by Gasteiger charge is 2.07. The van der Waals surface area contributed by atoms with Crippen LogP contribution in [0.3, 0.4) is 0 Å². The van der Waals surface area contributed by atoms with E-state index in [0.29, 0.717) is 11.4 Å². The van der Waals surface area contributed by atoms with Crippen molar-refractivity contribution in [1.29, 1.82) is 0 Å². The first-order valence-corrected chi connectivity index (χ1v) is 6.42. The molecule has 2 aromatic carbocycles. The zero-order valence-corrected chi connectivity index (χ0v) is 11.9. The van der Waals surface area contributed by atoms with Gasteiger partial charge < -0.3 is 16.2 Å². The van der Waals surface area contributed by atoms with Gasteiger partial charge in [-0.15, -0.1) is 0 Å². The predicted molar refractivity (Wildman–Crippen MR) is 80.0 cm³/mol. The summed E-state index contributed by atoms with van der Waals surface area (Å²) < 4.78 is 0.977. The SMILES string of the molecule is Cc1ccc(Nc2cc(C(=O)O)ccc2N)cc1Br. The fraction of sp³-hybridized carbons (Fsp3) is 0.0714. The molecule has 19 heavy (non-hydrogen) atoms. The summed E-state index contributed by atoms with van der Waals surface area (Å²) in [7, 11) is 0. The summed E-state index contributed by atoms with van der Waals surface area (Å²) in [5, 5.41) is 12.1. The zero-order chi connectivity index (χ0) is 14.0. The molecule has 4 nitrogen and oxygen atoms in total. The Balaban J connectivity index is 2.34. The first-order chi connectivity index (χ1) is 8.97. The fourth-order valence-corrected chi connectivity index (χ4v) is 2.00. The largest absolute Gasteiger partial charge is 0.478 e. The number of aryl methyl sites for hydroxylation is 1. The van der Waals surface area contributed by atoms with Crippen molar-refractivity contribution in [2.45, 2.75) is 6.92 Å². The van der Waals surface area contributed by atoms with Crippen LogP contribution in [0.4, 0.5) is 17.1 Å². The van der Waals surface area contributed by atoms with Crippen LogP contribution >= 0.6 is 15.9 Å². The lowest BCUT2D eigenvalue weighted by Crippen LogP contribution is -2.01. The van der Waals surface area contributed by atoms with E-state index in [4.69, 9.17) is 10.8 Å². The number of nitrogens with one attached hydrogen (secondary N) is 1. The number of hydrogen-bond acceptors (Lipinski definition) is 3. The van der Waals surface area contributed by atoms with Crippen molar-refractivity contribution in [2.24, 2.45) is 0 Å². The Labute approximate surface area is 119 Å². The Hall–Kier alpha value is -2.01. The van der Waals surface area contributed by atoms with Crippen LogP contribution in [-0.2, 0) is 0 Å². The molecule has 0 aliphatic rings. The van der Waals surface area contributed by atoms with Crippen molar-refractivity contribution in [3.63, 3.8) is 0 Å². The van der Waals surface area contributed by atoms with Gasteiger partial charge in [0.25, 0.3) is 0 Å². The second-order valence-corrected chi connectivity index (χ2v) is 5.05. The number of carboxylic acid groups (broad SMARTS) is 1. The lowest BCUT2D eigenvalue weighted by molar-refractivity contribution is 0.0697. The Kier molecular flexibility index (Phi) is 3.76. The maximum Gasteiger partial charge on any atom is 0.335 e. The summed E-state index contributed by atoms with van der Waals surface area (Å²) >= 11 is 3.45. The number of carbonyl (C=O) groups is 1. The van der Waals surface area contributed by atoms with E-state index in [9.17, 15) is 4.79 Å². The molecule has 5 heteroatoms. The number of rotatable bonds is 3. The van der Waals surface area contributed by atoms with Crippen molar-refractivity contribution in [3.05, 3.63) is 52.0 Å². The maximum atomic E-state index is 10.9. The molecule has 0 unspecified atom stereocenters. The van der Waals surface area contributed by atoms with Gasteiger partial charge in [-0.25, -0.2) is 4.79 Å². The van der Waals surface area contributed by atoms with Gasteiger partial charge in [0.2, 0.25) is 0 Å². The predicted octanol–water partition coefficient (Wildman–Crippen LogP) is 3.78. The van der Waals surface area contributed by atoms with E-state index in [1.165, 1.54) is 12.1 Å². The van der Waals surface area contributed by atoms with Crippen LogP contribution < -0.4 is 11.1 Å². The van der Waals surface area contributed by atoms with Crippen molar-refractivity contribution < 1.29 is 9.90 Å². The average molecular weight is 321 g/mol. The van der Waals surface area contributed by atoms with Crippen molar-refractivity contribution in [1.82, 2.24) is 0 Å². The maximum absolute atomic E-state index is 10.9. The van der Waals surface area contributed by atoms with Gasteiger partial charge in [-0.1, -0.05) is 22.0 Å². The Bertz CT molecular complexity index is 641. The van der Waals surface area contributed by atoms with Gasteiger partial charge in [0, 0.05) is 10.2 Å². The minimum absolute atomic E-state index is 0.197. The number of anilines is 3. The quantitative estimate of drug-likeness (QED) is 0.752. The molecular formula is C14H13BrN2O2. The second-order valence-electron chi connectivity index (χ2n) is 4.20. The van der Waals surface area contributed by atoms with Crippen molar-refractivity contribution >= 4 is 39.0 Å². The molecule has 2 aromatic rings. The first kappa shape index (κ1) is 13.4.